The molecule has 1 atom stereocenters. The van der Waals surface area contributed by atoms with Gasteiger partial charge in [0.1, 0.15) is 5.82 Å². The van der Waals surface area contributed by atoms with Gasteiger partial charge in [-0.25, -0.2) is 4.39 Å². The van der Waals surface area contributed by atoms with E-state index < -0.39 is 0 Å². The molecule has 0 aliphatic heterocycles. The van der Waals surface area contributed by atoms with Gasteiger partial charge in [0, 0.05) is 12.6 Å². The van der Waals surface area contributed by atoms with Crippen LogP contribution < -0.4 is 5.32 Å². The van der Waals surface area contributed by atoms with Gasteiger partial charge in [-0.2, -0.15) is 0 Å². The highest BCUT2D eigenvalue weighted by atomic mass is 19.1. The monoisotopic (exact) mass is 263 g/mol. The zero-order valence-electron chi connectivity index (χ0n) is 12.2. The molecule has 1 N–H and O–H groups in total. The lowest BCUT2D eigenvalue weighted by atomic mass is 9.83. The quantitative estimate of drug-likeness (QED) is 0.806. The predicted octanol–water partition coefficient (Wildman–Crippen LogP) is 4.32. The van der Waals surface area contributed by atoms with Crippen LogP contribution in [0.2, 0.25) is 0 Å². The second kappa shape index (κ2) is 6.51. The molecule has 1 unspecified atom stereocenters. The number of nitrogens with one attached hydrogen (secondary N) is 1. The van der Waals surface area contributed by atoms with Crippen molar-refractivity contribution in [1.82, 2.24) is 5.32 Å². The number of hydrogen-bond donors (Lipinski definition) is 1. The minimum atomic E-state index is -0.134. The third-order valence-electron chi connectivity index (χ3n) is 4.67. The molecule has 19 heavy (non-hydrogen) atoms. The maximum absolute atomic E-state index is 13.1. The van der Waals surface area contributed by atoms with Crippen LogP contribution >= 0.6 is 0 Å². The summed E-state index contributed by atoms with van der Waals surface area (Å²) in [5.74, 6) is -0.134. The lowest BCUT2D eigenvalue weighted by molar-refractivity contribution is 0.258. The van der Waals surface area contributed by atoms with Gasteiger partial charge in [-0.15, -0.1) is 0 Å². The minimum Gasteiger partial charge on any atom is -0.313 e. The van der Waals surface area contributed by atoms with Crippen molar-refractivity contribution in [3.8, 4) is 0 Å². The fourth-order valence-electron chi connectivity index (χ4n) is 3.26. The second-order valence-electron chi connectivity index (χ2n) is 6.18. The first-order chi connectivity index (χ1) is 9.13. The normalized spacial score (nSPS) is 19.5. The van der Waals surface area contributed by atoms with E-state index in [4.69, 9.17) is 0 Å². The van der Waals surface area contributed by atoms with Crippen LogP contribution in [0.4, 0.5) is 4.39 Å². The maximum Gasteiger partial charge on any atom is 0.123 e. The van der Waals surface area contributed by atoms with Gasteiger partial charge in [-0.1, -0.05) is 31.9 Å². The second-order valence-corrected chi connectivity index (χ2v) is 6.18. The highest BCUT2D eigenvalue weighted by Crippen LogP contribution is 2.40. The smallest absolute Gasteiger partial charge is 0.123 e. The summed E-state index contributed by atoms with van der Waals surface area (Å²) in [6.45, 7) is 5.62. The van der Waals surface area contributed by atoms with Crippen molar-refractivity contribution in [2.24, 2.45) is 5.41 Å². The summed E-state index contributed by atoms with van der Waals surface area (Å²) < 4.78 is 13.1. The molecule has 0 spiro atoms. The molecule has 2 heteroatoms. The Balaban J connectivity index is 1.82. The number of rotatable bonds is 6. The van der Waals surface area contributed by atoms with Crippen molar-refractivity contribution in [3.05, 3.63) is 35.6 Å². The SMILES string of the molecule is CCC1(CNC(C)Cc2cccc(F)c2)CCCC1. The molecule has 1 aromatic carbocycles. The summed E-state index contributed by atoms with van der Waals surface area (Å²) in [4.78, 5) is 0. The highest BCUT2D eigenvalue weighted by molar-refractivity contribution is 5.17. The Labute approximate surface area is 116 Å². The molecule has 0 bridgehead atoms. The van der Waals surface area contributed by atoms with Crippen LogP contribution in [0.1, 0.15) is 51.5 Å². The lowest BCUT2D eigenvalue weighted by Gasteiger charge is -2.29. The molecule has 0 amide bonds. The van der Waals surface area contributed by atoms with Crippen molar-refractivity contribution in [2.45, 2.75) is 58.4 Å². The van der Waals surface area contributed by atoms with E-state index >= 15 is 0 Å². The molecular weight excluding hydrogens is 237 g/mol. The molecule has 0 aromatic heterocycles. The summed E-state index contributed by atoms with van der Waals surface area (Å²) in [7, 11) is 0. The fourth-order valence-corrected chi connectivity index (χ4v) is 3.26. The largest absolute Gasteiger partial charge is 0.313 e. The van der Waals surface area contributed by atoms with E-state index in [-0.39, 0.29) is 5.82 Å². The highest BCUT2D eigenvalue weighted by Gasteiger charge is 2.31. The number of halogens is 1. The van der Waals surface area contributed by atoms with E-state index in [1.807, 2.05) is 6.07 Å². The Morgan fingerprint density at radius 3 is 2.68 bits per heavy atom. The van der Waals surface area contributed by atoms with E-state index in [2.05, 4.69) is 19.2 Å². The molecule has 0 heterocycles. The van der Waals surface area contributed by atoms with Gasteiger partial charge in [0.15, 0.2) is 0 Å². The van der Waals surface area contributed by atoms with Gasteiger partial charge >= 0.3 is 0 Å². The zero-order chi connectivity index (χ0) is 13.7. The van der Waals surface area contributed by atoms with Gasteiger partial charge in [-0.05, 0) is 55.7 Å². The van der Waals surface area contributed by atoms with Crippen LogP contribution in [-0.2, 0) is 6.42 Å². The topological polar surface area (TPSA) is 12.0 Å². The predicted molar refractivity (Wildman–Crippen MR) is 78.8 cm³/mol. The van der Waals surface area contributed by atoms with Crippen molar-refractivity contribution in [1.29, 1.82) is 0 Å². The van der Waals surface area contributed by atoms with Crippen LogP contribution in [0.25, 0.3) is 0 Å². The molecule has 106 valence electrons. The van der Waals surface area contributed by atoms with E-state index in [0.717, 1.165) is 18.5 Å². The van der Waals surface area contributed by atoms with Gasteiger partial charge < -0.3 is 5.32 Å². The first-order valence-corrected chi connectivity index (χ1v) is 7.61. The Morgan fingerprint density at radius 2 is 2.05 bits per heavy atom. The van der Waals surface area contributed by atoms with Crippen molar-refractivity contribution in [2.75, 3.05) is 6.54 Å². The molecule has 1 aliphatic carbocycles. The van der Waals surface area contributed by atoms with Crippen LogP contribution in [0.15, 0.2) is 24.3 Å². The van der Waals surface area contributed by atoms with E-state index in [9.17, 15) is 4.39 Å². The Hall–Kier alpha value is -0.890. The van der Waals surface area contributed by atoms with Crippen LogP contribution in [0.3, 0.4) is 0 Å². The summed E-state index contributed by atoms with van der Waals surface area (Å²) in [5.41, 5.74) is 1.60. The fraction of sp³-hybridized carbons (Fsp3) is 0.647. The van der Waals surface area contributed by atoms with Gasteiger partial charge in [-0.3, -0.25) is 0 Å². The molecule has 1 saturated carbocycles. The first kappa shape index (κ1) is 14.5. The van der Waals surface area contributed by atoms with Crippen LogP contribution in [0, 0.1) is 11.2 Å². The zero-order valence-corrected chi connectivity index (χ0v) is 12.2. The number of benzene rings is 1. The van der Waals surface area contributed by atoms with Crippen molar-refractivity contribution < 1.29 is 4.39 Å². The summed E-state index contributed by atoms with van der Waals surface area (Å²) >= 11 is 0. The third kappa shape index (κ3) is 4.04. The van der Waals surface area contributed by atoms with Crippen LogP contribution in [0.5, 0.6) is 0 Å². The molecule has 1 nitrogen and oxygen atoms in total. The standard InChI is InChI=1S/C17H26FN/c1-3-17(9-4-5-10-17)13-19-14(2)11-15-7-6-8-16(18)12-15/h6-8,12,14,19H,3-5,9-11,13H2,1-2H3. The minimum absolute atomic E-state index is 0.134. The molecule has 2 rings (SSSR count). The maximum atomic E-state index is 13.1. The average Bonchev–Trinajstić information content (AvgIpc) is 2.86. The van der Waals surface area contributed by atoms with E-state index in [0.29, 0.717) is 11.5 Å². The molecule has 1 aromatic rings. The third-order valence-corrected chi connectivity index (χ3v) is 4.67. The Bertz CT molecular complexity index is 396. The summed E-state index contributed by atoms with van der Waals surface area (Å²) in [6, 6.07) is 7.36. The molecule has 1 fully saturated rings. The Morgan fingerprint density at radius 1 is 1.32 bits per heavy atom. The van der Waals surface area contributed by atoms with Gasteiger partial charge in [0.2, 0.25) is 0 Å². The van der Waals surface area contributed by atoms with E-state index in [1.54, 1.807) is 12.1 Å². The summed E-state index contributed by atoms with van der Waals surface area (Å²) in [6.07, 6.45) is 7.66. The van der Waals surface area contributed by atoms with E-state index in [1.165, 1.54) is 38.2 Å². The number of hydrogen-bond acceptors (Lipinski definition) is 1. The molecule has 0 saturated heterocycles. The van der Waals surface area contributed by atoms with Crippen molar-refractivity contribution in [3.63, 3.8) is 0 Å². The lowest BCUT2D eigenvalue weighted by Crippen LogP contribution is -2.37. The van der Waals surface area contributed by atoms with Crippen molar-refractivity contribution >= 4 is 0 Å². The molecule has 0 radical (unpaired) electrons. The average molecular weight is 263 g/mol. The van der Waals surface area contributed by atoms with Gasteiger partial charge in [0.25, 0.3) is 0 Å². The summed E-state index contributed by atoms with van der Waals surface area (Å²) in [5, 5.41) is 3.66. The van der Waals surface area contributed by atoms with Gasteiger partial charge in [0.05, 0.1) is 0 Å². The molecule has 1 aliphatic rings. The first-order valence-electron chi connectivity index (χ1n) is 7.61. The Kier molecular flexibility index (Phi) is 4.98. The van der Waals surface area contributed by atoms with Crippen LogP contribution in [-0.4, -0.2) is 12.6 Å². The molecular formula is C17H26FN.